The summed E-state index contributed by atoms with van der Waals surface area (Å²) in [5.74, 6) is 0.558. The van der Waals surface area contributed by atoms with Gasteiger partial charge in [0.05, 0.1) is 6.61 Å². The number of carbonyl (C=O) groups is 1. The lowest BCUT2D eigenvalue weighted by Crippen LogP contribution is -2.50. The van der Waals surface area contributed by atoms with Crippen LogP contribution >= 0.6 is 0 Å². The van der Waals surface area contributed by atoms with E-state index in [0.717, 1.165) is 32.5 Å². The van der Waals surface area contributed by atoms with Crippen molar-refractivity contribution < 1.29 is 9.53 Å². The van der Waals surface area contributed by atoms with Crippen LogP contribution in [0, 0.1) is 5.92 Å². The van der Waals surface area contributed by atoms with Crippen LogP contribution in [0.5, 0.6) is 0 Å². The molecule has 1 saturated heterocycles. The van der Waals surface area contributed by atoms with Crippen LogP contribution in [-0.2, 0) is 11.3 Å². The second-order valence-corrected chi connectivity index (χ2v) is 7.11. The van der Waals surface area contributed by atoms with Crippen molar-refractivity contribution in [2.75, 3.05) is 19.7 Å². The minimum Gasteiger partial charge on any atom is -0.376 e. The van der Waals surface area contributed by atoms with Gasteiger partial charge in [-0.25, -0.2) is 4.79 Å². The Morgan fingerprint density at radius 2 is 1.86 bits per heavy atom. The maximum Gasteiger partial charge on any atom is 0.317 e. The van der Waals surface area contributed by atoms with Crippen molar-refractivity contribution in [3.05, 3.63) is 35.9 Å². The Labute approximate surface area is 133 Å². The number of carbonyl (C=O) groups excluding carboxylic acids is 1. The van der Waals surface area contributed by atoms with E-state index in [4.69, 9.17) is 4.74 Å². The zero-order valence-electron chi connectivity index (χ0n) is 14.0. The number of hydrogen-bond donors (Lipinski definition) is 1. The van der Waals surface area contributed by atoms with Crippen LogP contribution in [-0.4, -0.2) is 36.2 Å². The van der Waals surface area contributed by atoms with Gasteiger partial charge in [0.1, 0.15) is 0 Å². The average molecular weight is 304 g/mol. The first-order valence-corrected chi connectivity index (χ1v) is 8.13. The first-order valence-electron chi connectivity index (χ1n) is 8.13. The van der Waals surface area contributed by atoms with E-state index in [1.54, 1.807) is 0 Å². The minimum absolute atomic E-state index is 0.0520. The highest BCUT2D eigenvalue weighted by Crippen LogP contribution is 2.18. The maximum absolute atomic E-state index is 12.1. The number of amides is 2. The summed E-state index contributed by atoms with van der Waals surface area (Å²) in [6.07, 6.45) is 2.04. The molecule has 0 radical (unpaired) electrons. The molecule has 1 aromatic rings. The number of benzene rings is 1. The van der Waals surface area contributed by atoms with Gasteiger partial charge in [0.15, 0.2) is 0 Å². The number of hydrogen-bond acceptors (Lipinski definition) is 2. The molecule has 1 heterocycles. The fourth-order valence-electron chi connectivity index (χ4n) is 2.62. The number of nitrogens with one attached hydrogen (secondary N) is 1. The molecule has 4 heteroatoms. The van der Waals surface area contributed by atoms with Gasteiger partial charge in [-0.05, 0) is 45.1 Å². The van der Waals surface area contributed by atoms with E-state index in [-0.39, 0.29) is 11.6 Å². The summed E-state index contributed by atoms with van der Waals surface area (Å²) in [4.78, 5) is 14.0. The van der Waals surface area contributed by atoms with Gasteiger partial charge in [-0.2, -0.15) is 0 Å². The molecule has 2 rings (SSSR count). The number of urea groups is 1. The number of nitrogens with zero attached hydrogens (tertiary/aromatic N) is 1. The Kier molecular flexibility index (Phi) is 5.83. The van der Waals surface area contributed by atoms with Gasteiger partial charge in [-0.15, -0.1) is 0 Å². The van der Waals surface area contributed by atoms with E-state index in [1.807, 2.05) is 43.9 Å². The number of piperidine rings is 1. The first kappa shape index (κ1) is 16.8. The van der Waals surface area contributed by atoms with Crippen molar-refractivity contribution in [1.82, 2.24) is 10.2 Å². The zero-order valence-corrected chi connectivity index (χ0v) is 14.0. The van der Waals surface area contributed by atoms with Gasteiger partial charge < -0.3 is 15.0 Å². The van der Waals surface area contributed by atoms with E-state index >= 15 is 0 Å². The first-order chi connectivity index (χ1) is 10.4. The topological polar surface area (TPSA) is 41.6 Å². The minimum atomic E-state index is -0.174. The third-order valence-electron chi connectivity index (χ3n) is 3.85. The van der Waals surface area contributed by atoms with Crippen LogP contribution in [0.4, 0.5) is 4.79 Å². The molecule has 0 bridgehead atoms. The van der Waals surface area contributed by atoms with Gasteiger partial charge in [-0.1, -0.05) is 30.3 Å². The molecule has 0 saturated carbocycles. The molecular weight excluding hydrogens is 276 g/mol. The molecule has 0 spiro atoms. The van der Waals surface area contributed by atoms with Crippen LogP contribution in [0.25, 0.3) is 0 Å². The predicted molar refractivity (Wildman–Crippen MR) is 88.7 cm³/mol. The van der Waals surface area contributed by atoms with Gasteiger partial charge in [0.2, 0.25) is 0 Å². The molecule has 2 amide bonds. The zero-order chi connectivity index (χ0) is 16.0. The van der Waals surface area contributed by atoms with Crippen molar-refractivity contribution in [1.29, 1.82) is 0 Å². The molecule has 1 aliphatic rings. The second-order valence-electron chi connectivity index (χ2n) is 7.11. The van der Waals surface area contributed by atoms with E-state index in [9.17, 15) is 4.79 Å². The summed E-state index contributed by atoms with van der Waals surface area (Å²) in [6.45, 7) is 9.12. The lowest BCUT2D eigenvalue weighted by Gasteiger charge is -2.34. The number of ether oxygens (including phenoxy) is 1. The van der Waals surface area contributed by atoms with Crippen molar-refractivity contribution in [2.24, 2.45) is 5.92 Å². The third-order valence-corrected chi connectivity index (χ3v) is 3.85. The standard InChI is InChI=1S/C18H28N2O2/c1-18(2,3)19-17(21)20-11-9-16(10-12-20)14-22-13-15-7-5-4-6-8-15/h4-8,16H,9-14H2,1-3H3,(H,19,21). The highest BCUT2D eigenvalue weighted by Gasteiger charge is 2.25. The SMILES string of the molecule is CC(C)(C)NC(=O)N1CCC(COCc2ccccc2)CC1. The summed E-state index contributed by atoms with van der Waals surface area (Å²) in [7, 11) is 0. The normalized spacial score (nSPS) is 16.6. The van der Waals surface area contributed by atoms with Crippen molar-refractivity contribution >= 4 is 6.03 Å². The van der Waals surface area contributed by atoms with Crippen molar-refractivity contribution in [3.63, 3.8) is 0 Å². The molecule has 22 heavy (non-hydrogen) atoms. The smallest absolute Gasteiger partial charge is 0.317 e. The van der Waals surface area contributed by atoms with Gasteiger partial charge in [0.25, 0.3) is 0 Å². The molecule has 1 N–H and O–H groups in total. The molecule has 0 aromatic heterocycles. The predicted octanol–water partition coefficient (Wildman–Crippen LogP) is 3.42. The Morgan fingerprint density at radius 1 is 1.23 bits per heavy atom. The van der Waals surface area contributed by atoms with E-state index in [2.05, 4.69) is 17.4 Å². The van der Waals surface area contributed by atoms with Crippen LogP contribution in [0.15, 0.2) is 30.3 Å². The molecule has 0 aliphatic carbocycles. The number of likely N-dealkylation sites (tertiary alicyclic amines) is 1. The van der Waals surface area contributed by atoms with E-state index in [1.165, 1.54) is 5.56 Å². The summed E-state index contributed by atoms with van der Waals surface area (Å²) in [5, 5.41) is 3.02. The summed E-state index contributed by atoms with van der Waals surface area (Å²) in [5.41, 5.74) is 1.04. The summed E-state index contributed by atoms with van der Waals surface area (Å²) >= 11 is 0. The highest BCUT2D eigenvalue weighted by molar-refractivity contribution is 5.75. The van der Waals surface area contributed by atoms with Crippen LogP contribution in [0.1, 0.15) is 39.2 Å². The lowest BCUT2D eigenvalue weighted by molar-refractivity contribution is 0.0624. The quantitative estimate of drug-likeness (QED) is 0.926. The molecule has 4 nitrogen and oxygen atoms in total. The van der Waals surface area contributed by atoms with E-state index < -0.39 is 0 Å². The van der Waals surface area contributed by atoms with Gasteiger partial charge in [0, 0.05) is 25.2 Å². The molecule has 122 valence electrons. The molecular formula is C18H28N2O2. The third kappa shape index (κ3) is 5.68. The summed E-state index contributed by atoms with van der Waals surface area (Å²) in [6, 6.07) is 10.3. The van der Waals surface area contributed by atoms with Crippen LogP contribution < -0.4 is 5.32 Å². The van der Waals surface area contributed by atoms with Crippen molar-refractivity contribution in [2.45, 2.75) is 45.8 Å². The van der Waals surface area contributed by atoms with Crippen molar-refractivity contribution in [3.8, 4) is 0 Å². The second kappa shape index (κ2) is 7.63. The average Bonchev–Trinajstić information content (AvgIpc) is 2.47. The molecule has 0 atom stereocenters. The molecule has 0 unspecified atom stereocenters. The van der Waals surface area contributed by atoms with Gasteiger partial charge >= 0.3 is 6.03 Å². The Hall–Kier alpha value is -1.55. The number of rotatable bonds is 4. The highest BCUT2D eigenvalue weighted by atomic mass is 16.5. The monoisotopic (exact) mass is 304 g/mol. The molecule has 1 aromatic carbocycles. The Morgan fingerprint density at radius 3 is 2.45 bits per heavy atom. The molecule has 1 fully saturated rings. The fraction of sp³-hybridized carbons (Fsp3) is 0.611. The van der Waals surface area contributed by atoms with Crippen LogP contribution in [0.2, 0.25) is 0 Å². The largest absolute Gasteiger partial charge is 0.376 e. The summed E-state index contributed by atoms with van der Waals surface area (Å²) < 4.78 is 5.82. The lowest BCUT2D eigenvalue weighted by atomic mass is 9.98. The Bertz CT molecular complexity index is 460. The Balaban J connectivity index is 1.66. The van der Waals surface area contributed by atoms with Gasteiger partial charge in [-0.3, -0.25) is 0 Å². The van der Waals surface area contributed by atoms with E-state index in [0.29, 0.717) is 12.5 Å². The maximum atomic E-state index is 12.1. The molecule has 1 aliphatic heterocycles. The fourth-order valence-corrected chi connectivity index (χ4v) is 2.62. The van der Waals surface area contributed by atoms with Crippen LogP contribution in [0.3, 0.4) is 0 Å².